The molecule has 1 saturated heterocycles. The molecule has 3 heterocycles. The summed E-state index contributed by atoms with van der Waals surface area (Å²) in [6.07, 6.45) is 12.2. The van der Waals surface area contributed by atoms with E-state index in [0.29, 0.717) is 41.1 Å². The second-order valence-electron chi connectivity index (χ2n) is 11.2. The Bertz CT molecular complexity index is 1500. The third kappa shape index (κ3) is 9.63. The second-order valence-corrected chi connectivity index (χ2v) is 14.8. The van der Waals surface area contributed by atoms with Crippen molar-refractivity contribution < 1.29 is 27.2 Å². The largest absolute Gasteiger partial charge is 0.497 e. The van der Waals surface area contributed by atoms with Crippen molar-refractivity contribution in [3.8, 4) is 5.75 Å². The summed E-state index contributed by atoms with van der Waals surface area (Å²) in [5.74, 6) is 0.670. The van der Waals surface area contributed by atoms with Crippen LogP contribution in [0.3, 0.4) is 0 Å². The Balaban J connectivity index is 1.35. The molecule has 1 aromatic carbocycles. The number of unbranched alkanes of at least 4 members (excludes halogenated alkanes) is 6. The number of methoxy groups -OCH3 is 1. The summed E-state index contributed by atoms with van der Waals surface area (Å²) in [5, 5.41) is 0. The number of halogens is 1. The van der Waals surface area contributed by atoms with Crippen molar-refractivity contribution >= 4 is 44.7 Å². The smallest absolute Gasteiger partial charge is 0.273 e. The van der Waals surface area contributed by atoms with Crippen molar-refractivity contribution in [1.29, 1.82) is 0 Å². The maximum Gasteiger partial charge on any atom is 0.273 e. The van der Waals surface area contributed by atoms with Crippen molar-refractivity contribution in [3.05, 3.63) is 63.6 Å². The van der Waals surface area contributed by atoms with Crippen LogP contribution < -0.4 is 9.46 Å². The van der Waals surface area contributed by atoms with Crippen LogP contribution in [0.15, 0.2) is 45.2 Å². The number of ether oxygens (including phenoxy) is 1. The highest BCUT2D eigenvalue weighted by Crippen LogP contribution is 2.34. The van der Waals surface area contributed by atoms with Gasteiger partial charge in [0.15, 0.2) is 5.78 Å². The average Bonchev–Trinajstić information content (AvgIpc) is 3.77. The van der Waals surface area contributed by atoms with E-state index >= 15 is 0 Å². The number of nitrogens with one attached hydrogen (secondary N) is 1. The zero-order valence-corrected chi connectivity index (χ0v) is 27.9. The van der Waals surface area contributed by atoms with Crippen LogP contribution in [0.5, 0.6) is 5.75 Å². The van der Waals surface area contributed by atoms with Crippen LogP contribution in [-0.2, 0) is 27.8 Å². The van der Waals surface area contributed by atoms with E-state index in [1.165, 1.54) is 44.1 Å². The summed E-state index contributed by atoms with van der Waals surface area (Å²) in [5.41, 5.74) is 2.28. The van der Waals surface area contributed by atoms with Gasteiger partial charge in [-0.25, -0.2) is 18.1 Å². The quantitative estimate of drug-likeness (QED) is 0.110. The molecule has 240 valence electrons. The number of carbonyl (C=O) groups is 2. The molecule has 1 atom stereocenters. The van der Waals surface area contributed by atoms with Gasteiger partial charge in [0.2, 0.25) is 11.8 Å². The molecule has 12 heteroatoms. The first-order chi connectivity index (χ1) is 21.2. The van der Waals surface area contributed by atoms with Crippen LogP contribution in [0.2, 0.25) is 4.34 Å². The average molecular weight is 664 g/mol. The third-order valence-electron chi connectivity index (χ3n) is 7.93. The highest BCUT2D eigenvalue weighted by Gasteiger charge is 2.31. The Morgan fingerprint density at radius 2 is 1.86 bits per heavy atom. The van der Waals surface area contributed by atoms with E-state index in [2.05, 4.69) is 21.5 Å². The van der Waals surface area contributed by atoms with Crippen LogP contribution in [0.4, 0.5) is 0 Å². The van der Waals surface area contributed by atoms with Gasteiger partial charge in [-0.1, -0.05) is 63.1 Å². The van der Waals surface area contributed by atoms with Crippen LogP contribution in [0, 0.1) is 0 Å². The molecule has 0 bridgehead atoms. The number of aromatic nitrogens is 1. The van der Waals surface area contributed by atoms with E-state index in [1.807, 2.05) is 18.2 Å². The first-order valence-corrected chi connectivity index (χ1v) is 18.1. The lowest BCUT2D eigenvalue weighted by Gasteiger charge is -2.23. The third-order valence-corrected chi connectivity index (χ3v) is 11.0. The van der Waals surface area contributed by atoms with Crippen LogP contribution in [-0.4, -0.2) is 43.6 Å². The van der Waals surface area contributed by atoms with Crippen LogP contribution >= 0.6 is 22.9 Å². The summed E-state index contributed by atoms with van der Waals surface area (Å²) >= 11 is 6.76. The molecule has 1 N–H and O–H groups in total. The molecule has 44 heavy (non-hydrogen) atoms. The molecule has 4 rings (SSSR count). The van der Waals surface area contributed by atoms with Gasteiger partial charge < -0.3 is 9.15 Å². The summed E-state index contributed by atoms with van der Waals surface area (Å²) < 4.78 is 38.8. The van der Waals surface area contributed by atoms with E-state index in [4.69, 9.17) is 20.8 Å². The SMILES string of the molecule is CCCCCCCCCC(=O)c1coc([C@@H]2CCCN2Cc2cc(OC)ccc2CCC(=O)NS(=O)(=O)c2ccc(Cl)s2)n1. The van der Waals surface area contributed by atoms with Gasteiger partial charge in [-0.2, -0.15) is 0 Å². The van der Waals surface area contributed by atoms with E-state index in [-0.39, 0.29) is 22.5 Å². The molecule has 1 amide bonds. The van der Waals surface area contributed by atoms with Gasteiger partial charge >= 0.3 is 0 Å². The number of benzene rings is 1. The number of Topliss-reactive ketones (excluding diaryl/α,β-unsaturated/α-hetero) is 1. The number of amides is 1. The topological polar surface area (TPSA) is 119 Å². The zero-order valence-electron chi connectivity index (χ0n) is 25.5. The minimum Gasteiger partial charge on any atom is -0.497 e. The Morgan fingerprint density at radius 3 is 2.59 bits per heavy atom. The Kier molecular flexibility index (Phi) is 12.8. The van der Waals surface area contributed by atoms with Gasteiger partial charge in [-0.05, 0) is 67.6 Å². The number of ketones is 1. The molecule has 9 nitrogen and oxygen atoms in total. The van der Waals surface area contributed by atoms with Crippen LogP contribution in [0.25, 0.3) is 0 Å². The monoisotopic (exact) mass is 663 g/mol. The maximum absolute atomic E-state index is 12.8. The lowest BCUT2D eigenvalue weighted by molar-refractivity contribution is -0.119. The van der Waals surface area contributed by atoms with E-state index in [9.17, 15) is 18.0 Å². The van der Waals surface area contributed by atoms with Crippen LogP contribution in [0.1, 0.15) is 111 Å². The standard InChI is InChI=1S/C32H42ClN3O6S2/c1-3-4-5-6-7-8-9-12-28(37)26-22-42-32(34-26)27-11-10-19-36(27)21-24-20-25(41-2)15-13-23(24)14-17-30(38)35-44(39,40)31-18-16-29(33)43-31/h13,15-16,18,20,22,27H,3-12,14,17,19,21H2,1-2H3,(H,35,38)/t27-/m0/s1. The Labute approximate surface area is 269 Å². The molecule has 1 aliphatic heterocycles. The number of hydrogen-bond acceptors (Lipinski definition) is 9. The van der Waals surface area contributed by atoms with Crippen molar-refractivity contribution in [2.75, 3.05) is 13.7 Å². The number of hydrogen-bond donors (Lipinski definition) is 1. The zero-order chi connectivity index (χ0) is 31.5. The highest BCUT2D eigenvalue weighted by atomic mass is 35.5. The summed E-state index contributed by atoms with van der Waals surface area (Å²) in [7, 11) is -2.37. The van der Waals surface area contributed by atoms with Gasteiger partial charge in [0.1, 0.15) is 21.9 Å². The number of carbonyl (C=O) groups excluding carboxylic acids is 2. The molecule has 0 aliphatic carbocycles. The lowest BCUT2D eigenvalue weighted by atomic mass is 10.0. The number of sulfonamides is 1. The number of thiophene rings is 1. The summed E-state index contributed by atoms with van der Waals surface area (Å²) in [6.45, 7) is 3.60. The molecule has 1 aliphatic rings. The number of aryl methyl sites for hydroxylation is 1. The molecule has 3 aromatic rings. The van der Waals surface area contributed by atoms with Gasteiger partial charge in [0.05, 0.1) is 17.5 Å². The van der Waals surface area contributed by atoms with Gasteiger partial charge in [-0.15, -0.1) is 11.3 Å². The van der Waals surface area contributed by atoms with Gasteiger partial charge in [0.25, 0.3) is 10.0 Å². The molecular weight excluding hydrogens is 622 g/mol. The van der Waals surface area contributed by atoms with Crippen molar-refractivity contribution in [1.82, 2.24) is 14.6 Å². The number of nitrogens with zero attached hydrogens (tertiary/aromatic N) is 2. The number of oxazole rings is 1. The van der Waals surface area contributed by atoms with Gasteiger partial charge in [0, 0.05) is 19.4 Å². The molecule has 0 radical (unpaired) electrons. The maximum atomic E-state index is 12.8. The summed E-state index contributed by atoms with van der Waals surface area (Å²) in [6, 6.07) is 8.47. The first-order valence-electron chi connectivity index (χ1n) is 15.4. The van der Waals surface area contributed by atoms with Crippen molar-refractivity contribution in [2.45, 2.75) is 101 Å². The fourth-order valence-corrected chi connectivity index (χ4v) is 8.01. The molecule has 0 saturated carbocycles. The lowest BCUT2D eigenvalue weighted by Crippen LogP contribution is -2.30. The second kappa shape index (κ2) is 16.5. The first kappa shape index (κ1) is 34.1. The minimum atomic E-state index is -3.97. The molecule has 0 spiro atoms. The Morgan fingerprint density at radius 1 is 1.09 bits per heavy atom. The van der Waals surface area contributed by atoms with Gasteiger partial charge in [-0.3, -0.25) is 14.5 Å². The number of rotatable bonds is 18. The molecular formula is C32H42ClN3O6S2. The minimum absolute atomic E-state index is 0.00439. The fourth-order valence-electron chi connectivity index (χ4n) is 5.52. The Hall–Kier alpha value is -2.73. The van der Waals surface area contributed by atoms with E-state index < -0.39 is 15.9 Å². The molecule has 2 aromatic heterocycles. The van der Waals surface area contributed by atoms with E-state index in [1.54, 1.807) is 7.11 Å². The molecule has 1 fully saturated rings. The number of likely N-dealkylation sites (tertiary alicyclic amines) is 1. The predicted molar refractivity (Wildman–Crippen MR) is 172 cm³/mol. The van der Waals surface area contributed by atoms with Crippen molar-refractivity contribution in [3.63, 3.8) is 0 Å². The predicted octanol–water partition coefficient (Wildman–Crippen LogP) is 7.50. The normalized spacial score (nSPS) is 15.5. The summed E-state index contributed by atoms with van der Waals surface area (Å²) in [4.78, 5) is 32.2. The molecule has 0 unspecified atom stereocenters. The van der Waals surface area contributed by atoms with E-state index in [0.717, 1.165) is 61.1 Å². The van der Waals surface area contributed by atoms with Crippen molar-refractivity contribution in [2.24, 2.45) is 0 Å². The highest BCUT2D eigenvalue weighted by molar-refractivity contribution is 7.92. The fraction of sp³-hybridized carbons (Fsp3) is 0.531.